The lowest BCUT2D eigenvalue weighted by atomic mass is 9.80. The molecule has 0 aromatic heterocycles. The van der Waals surface area contributed by atoms with E-state index < -0.39 is 12.0 Å². The summed E-state index contributed by atoms with van der Waals surface area (Å²) in [4.78, 5) is 22.2. The average Bonchev–Trinajstić information content (AvgIpc) is 1.99. The Morgan fingerprint density at radius 2 is 2.07 bits per heavy atom. The van der Waals surface area contributed by atoms with Crippen molar-refractivity contribution in [2.24, 2.45) is 11.7 Å². The lowest BCUT2D eigenvalue weighted by Crippen LogP contribution is -2.36. The molecule has 1 atom stereocenters. The summed E-state index contributed by atoms with van der Waals surface area (Å²) in [5, 5.41) is 0. The predicted octanol–water partition coefficient (Wildman–Crippen LogP) is 0.668. The SMILES string of the molecule is COC(=O)C(N)CC(=O)C1CCC1.Cl. The van der Waals surface area contributed by atoms with Crippen LogP contribution in [0, 0.1) is 5.92 Å². The Labute approximate surface area is 89.6 Å². The number of hydrogen-bond donors (Lipinski definition) is 1. The van der Waals surface area contributed by atoms with E-state index in [0.29, 0.717) is 0 Å². The zero-order chi connectivity index (χ0) is 9.84. The van der Waals surface area contributed by atoms with Crippen LogP contribution in [-0.2, 0) is 14.3 Å². The Morgan fingerprint density at radius 3 is 2.43 bits per heavy atom. The first-order valence-corrected chi connectivity index (χ1v) is 4.51. The molecule has 82 valence electrons. The van der Waals surface area contributed by atoms with E-state index in [4.69, 9.17) is 5.73 Å². The molecule has 2 N–H and O–H groups in total. The number of rotatable bonds is 4. The van der Waals surface area contributed by atoms with Crippen LogP contribution >= 0.6 is 12.4 Å². The molecule has 0 radical (unpaired) electrons. The van der Waals surface area contributed by atoms with E-state index in [0.717, 1.165) is 19.3 Å². The van der Waals surface area contributed by atoms with Gasteiger partial charge in [-0.2, -0.15) is 0 Å². The number of nitrogens with two attached hydrogens (primary N) is 1. The van der Waals surface area contributed by atoms with Gasteiger partial charge in [0.1, 0.15) is 11.8 Å². The van der Waals surface area contributed by atoms with Crippen molar-refractivity contribution in [2.75, 3.05) is 7.11 Å². The maximum Gasteiger partial charge on any atom is 0.323 e. The second-order valence-electron chi connectivity index (χ2n) is 3.43. The van der Waals surface area contributed by atoms with E-state index in [1.54, 1.807) is 0 Å². The quantitative estimate of drug-likeness (QED) is 0.709. The van der Waals surface area contributed by atoms with Crippen molar-refractivity contribution in [3.8, 4) is 0 Å². The number of hydrogen-bond acceptors (Lipinski definition) is 4. The van der Waals surface area contributed by atoms with E-state index in [-0.39, 0.29) is 30.5 Å². The van der Waals surface area contributed by atoms with E-state index in [1.165, 1.54) is 7.11 Å². The smallest absolute Gasteiger partial charge is 0.323 e. The third kappa shape index (κ3) is 3.27. The van der Waals surface area contributed by atoms with E-state index >= 15 is 0 Å². The summed E-state index contributed by atoms with van der Waals surface area (Å²) < 4.78 is 4.43. The standard InChI is InChI=1S/C9H15NO3.ClH/c1-13-9(12)7(10)5-8(11)6-3-2-4-6;/h6-7H,2-5,10H2,1H3;1H. The molecule has 1 unspecified atom stereocenters. The molecule has 0 heterocycles. The van der Waals surface area contributed by atoms with E-state index in [1.807, 2.05) is 0 Å². The first kappa shape index (κ1) is 13.4. The fraction of sp³-hybridized carbons (Fsp3) is 0.778. The Hall–Kier alpha value is -0.610. The summed E-state index contributed by atoms with van der Waals surface area (Å²) in [6, 6.07) is -0.780. The van der Waals surface area contributed by atoms with Crippen molar-refractivity contribution in [1.29, 1.82) is 0 Å². The highest BCUT2D eigenvalue weighted by molar-refractivity contribution is 5.88. The number of methoxy groups -OCH3 is 1. The Kier molecular flexibility index (Phi) is 5.72. The van der Waals surface area contributed by atoms with Gasteiger partial charge in [-0.05, 0) is 12.8 Å². The molecule has 0 aromatic carbocycles. The van der Waals surface area contributed by atoms with Crippen molar-refractivity contribution < 1.29 is 14.3 Å². The lowest BCUT2D eigenvalue weighted by molar-refractivity contribution is -0.144. The van der Waals surface area contributed by atoms with Crippen LogP contribution in [0.5, 0.6) is 0 Å². The lowest BCUT2D eigenvalue weighted by Gasteiger charge is -2.24. The molecular weight excluding hydrogens is 206 g/mol. The number of Topliss-reactive ketones (excluding diaryl/α,β-unsaturated/α-hetero) is 1. The van der Waals surface area contributed by atoms with Crippen LogP contribution in [-0.4, -0.2) is 24.9 Å². The van der Waals surface area contributed by atoms with Crippen LogP contribution in [0.3, 0.4) is 0 Å². The fourth-order valence-electron chi connectivity index (χ4n) is 1.35. The van der Waals surface area contributed by atoms with Crippen molar-refractivity contribution in [3.05, 3.63) is 0 Å². The minimum atomic E-state index is -0.780. The van der Waals surface area contributed by atoms with Crippen molar-refractivity contribution in [3.63, 3.8) is 0 Å². The third-order valence-corrected chi connectivity index (χ3v) is 2.49. The van der Waals surface area contributed by atoms with Gasteiger partial charge in [0.25, 0.3) is 0 Å². The molecule has 0 aliphatic heterocycles. The number of halogens is 1. The molecule has 14 heavy (non-hydrogen) atoms. The van der Waals surface area contributed by atoms with Gasteiger partial charge in [0, 0.05) is 12.3 Å². The van der Waals surface area contributed by atoms with Crippen LogP contribution in [0.1, 0.15) is 25.7 Å². The highest BCUT2D eigenvalue weighted by Gasteiger charge is 2.28. The molecule has 5 heteroatoms. The molecule has 0 bridgehead atoms. The number of esters is 1. The van der Waals surface area contributed by atoms with Crippen molar-refractivity contribution in [2.45, 2.75) is 31.7 Å². The molecule has 1 aliphatic carbocycles. The van der Waals surface area contributed by atoms with Crippen LogP contribution in [0.25, 0.3) is 0 Å². The molecule has 4 nitrogen and oxygen atoms in total. The van der Waals surface area contributed by atoms with Crippen LogP contribution < -0.4 is 5.73 Å². The summed E-state index contributed by atoms with van der Waals surface area (Å²) in [7, 11) is 1.27. The molecule has 1 aliphatic rings. The summed E-state index contributed by atoms with van der Waals surface area (Å²) in [6.45, 7) is 0. The van der Waals surface area contributed by atoms with Gasteiger partial charge in [-0.3, -0.25) is 9.59 Å². The van der Waals surface area contributed by atoms with Gasteiger partial charge in [-0.25, -0.2) is 0 Å². The van der Waals surface area contributed by atoms with Crippen molar-refractivity contribution in [1.82, 2.24) is 0 Å². The summed E-state index contributed by atoms with van der Waals surface area (Å²) >= 11 is 0. The molecule has 0 amide bonds. The Bertz CT molecular complexity index is 216. The number of ether oxygens (including phenoxy) is 1. The predicted molar refractivity (Wildman–Crippen MR) is 54.2 cm³/mol. The Morgan fingerprint density at radius 1 is 1.50 bits per heavy atom. The highest BCUT2D eigenvalue weighted by Crippen LogP contribution is 2.28. The monoisotopic (exact) mass is 221 g/mol. The highest BCUT2D eigenvalue weighted by atomic mass is 35.5. The zero-order valence-corrected chi connectivity index (χ0v) is 9.01. The van der Waals surface area contributed by atoms with Gasteiger partial charge in [0.05, 0.1) is 7.11 Å². The first-order chi connectivity index (χ1) is 6.15. The number of carbonyl (C=O) groups is 2. The van der Waals surface area contributed by atoms with Gasteiger partial charge in [-0.1, -0.05) is 6.42 Å². The summed E-state index contributed by atoms with van der Waals surface area (Å²) in [5.74, 6) is -0.257. The Balaban J connectivity index is 0.00000169. The number of carbonyl (C=O) groups excluding carboxylic acids is 2. The average molecular weight is 222 g/mol. The molecule has 1 rings (SSSR count). The van der Waals surface area contributed by atoms with E-state index in [2.05, 4.69) is 4.74 Å². The first-order valence-electron chi connectivity index (χ1n) is 4.51. The maximum atomic E-state index is 11.4. The minimum Gasteiger partial charge on any atom is -0.468 e. The van der Waals surface area contributed by atoms with Crippen molar-refractivity contribution >= 4 is 24.2 Å². The normalized spacial score (nSPS) is 17.6. The topological polar surface area (TPSA) is 69.4 Å². The van der Waals surface area contributed by atoms with E-state index in [9.17, 15) is 9.59 Å². The molecule has 0 saturated heterocycles. The van der Waals surface area contributed by atoms with Gasteiger partial charge in [-0.15, -0.1) is 12.4 Å². The molecule has 1 saturated carbocycles. The summed E-state index contributed by atoms with van der Waals surface area (Å²) in [6.07, 6.45) is 3.14. The van der Waals surface area contributed by atoms with Gasteiger partial charge >= 0.3 is 5.97 Å². The molecule has 0 spiro atoms. The third-order valence-electron chi connectivity index (χ3n) is 2.49. The molecular formula is C9H16ClNO3. The molecule has 1 fully saturated rings. The summed E-state index contributed by atoms with van der Waals surface area (Å²) in [5.41, 5.74) is 5.45. The van der Waals surface area contributed by atoms with Crippen LogP contribution in [0.4, 0.5) is 0 Å². The minimum absolute atomic E-state index is 0. The fourth-order valence-corrected chi connectivity index (χ4v) is 1.35. The second kappa shape index (κ2) is 5.98. The van der Waals surface area contributed by atoms with Gasteiger partial charge in [0.15, 0.2) is 0 Å². The maximum absolute atomic E-state index is 11.4. The van der Waals surface area contributed by atoms with Gasteiger partial charge < -0.3 is 10.5 Å². The zero-order valence-electron chi connectivity index (χ0n) is 8.19. The van der Waals surface area contributed by atoms with Crippen LogP contribution in [0.15, 0.2) is 0 Å². The van der Waals surface area contributed by atoms with Crippen LogP contribution in [0.2, 0.25) is 0 Å². The molecule has 0 aromatic rings. The second-order valence-corrected chi connectivity index (χ2v) is 3.43. The van der Waals surface area contributed by atoms with Gasteiger partial charge in [0.2, 0.25) is 0 Å². The largest absolute Gasteiger partial charge is 0.468 e. The number of ketones is 1.